The maximum Gasteiger partial charge on any atom is 0.221 e. The highest BCUT2D eigenvalue weighted by atomic mass is 35.5. The topological polar surface area (TPSA) is 61.8 Å². The number of hydrogen-bond donors (Lipinski definition) is 2. The second-order valence-electron chi connectivity index (χ2n) is 6.07. The van der Waals surface area contributed by atoms with E-state index in [-0.39, 0.29) is 24.9 Å². The molecule has 1 atom stereocenters. The van der Waals surface area contributed by atoms with Gasteiger partial charge in [-0.1, -0.05) is 17.7 Å². The zero-order chi connectivity index (χ0) is 19.1. The second kappa shape index (κ2) is 9.52. The molecule has 0 aromatic heterocycles. The maximum absolute atomic E-state index is 13.8. The minimum Gasteiger partial charge on any atom is -0.491 e. The number of carbonyl (C=O) groups is 1. The molecule has 0 saturated carbocycles. The normalized spacial score (nSPS) is 12.1. The lowest BCUT2D eigenvalue weighted by Gasteiger charge is -2.21. The first-order chi connectivity index (χ1) is 12.3. The van der Waals surface area contributed by atoms with E-state index >= 15 is 0 Å². The molecule has 0 aliphatic heterocycles. The summed E-state index contributed by atoms with van der Waals surface area (Å²) in [6.07, 6.45) is -0.749. The Morgan fingerprint density at radius 3 is 2.62 bits per heavy atom. The molecule has 0 bridgehead atoms. The molecule has 0 aliphatic rings. The van der Waals surface area contributed by atoms with Crippen molar-refractivity contribution in [2.24, 2.45) is 0 Å². The van der Waals surface area contributed by atoms with Crippen molar-refractivity contribution in [3.63, 3.8) is 0 Å². The first-order valence-corrected chi connectivity index (χ1v) is 8.53. The Bertz CT molecular complexity index is 720. The molecule has 7 heteroatoms. The van der Waals surface area contributed by atoms with Gasteiger partial charge in [-0.2, -0.15) is 0 Å². The minimum absolute atomic E-state index is 0.0921. The van der Waals surface area contributed by atoms with E-state index in [9.17, 15) is 14.3 Å². The Kier molecular flexibility index (Phi) is 7.38. The third-order valence-electron chi connectivity index (χ3n) is 3.63. The number of benzene rings is 2. The van der Waals surface area contributed by atoms with Gasteiger partial charge in [-0.15, -0.1) is 0 Å². The van der Waals surface area contributed by atoms with Gasteiger partial charge in [0, 0.05) is 36.3 Å². The van der Waals surface area contributed by atoms with Crippen LogP contribution in [0.4, 0.5) is 10.1 Å². The highest BCUT2D eigenvalue weighted by molar-refractivity contribution is 6.31. The molecule has 26 heavy (non-hydrogen) atoms. The van der Waals surface area contributed by atoms with Crippen LogP contribution in [-0.4, -0.2) is 42.2 Å². The number of amides is 1. The molecule has 1 amide bonds. The van der Waals surface area contributed by atoms with E-state index in [2.05, 4.69) is 5.32 Å². The lowest BCUT2D eigenvalue weighted by Crippen LogP contribution is -2.33. The molecule has 140 valence electrons. The zero-order valence-electron chi connectivity index (χ0n) is 14.7. The number of halogens is 2. The molecule has 1 unspecified atom stereocenters. The largest absolute Gasteiger partial charge is 0.491 e. The molecule has 0 radical (unpaired) electrons. The van der Waals surface area contributed by atoms with Gasteiger partial charge in [0.15, 0.2) is 0 Å². The molecule has 0 heterocycles. The van der Waals surface area contributed by atoms with Gasteiger partial charge >= 0.3 is 0 Å². The summed E-state index contributed by atoms with van der Waals surface area (Å²) in [4.78, 5) is 12.8. The average molecular weight is 381 g/mol. The van der Waals surface area contributed by atoms with Crippen molar-refractivity contribution < 1.29 is 19.0 Å². The summed E-state index contributed by atoms with van der Waals surface area (Å²) < 4.78 is 19.3. The number of nitrogens with one attached hydrogen (secondary N) is 1. The van der Waals surface area contributed by atoms with Crippen LogP contribution in [-0.2, 0) is 11.3 Å². The van der Waals surface area contributed by atoms with E-state index in [1.165, 1.54) is 13.0 Å². The highest BCUT2D eigenvalue weighted by Crippen LogP contribution is 2.20. The van der Waals surface area contributed by atoms with Crippen LogP contribution in [0.1, 0.15) is 12.5 Å². The fraction of sp³-hybridized carbons (Fsp3) is 0.316. The molecule has 0 fully saturated rings. The molecule has 2 N–H and O–H groups in total. The van der Waals surface area contributed by atoms with Gasteiger partial charge in [-0.3, -0.25) is 9.69 Å². The quantitative estimate of drug-likeness (QED) is 0.737. The molecule has 5 nitrogen and oxygen atoms in total. The molecule has 0 saturated heterocycles. The van der Waals surface area contributed by atoms with E-state index in [1.54, 1.807) is 48.3 Å². The van der Waals surface area contributed by atoms with E-state index < -0.39 is 6.10 Å². The number of nitrogens with zero attached hydrogens (tertiary/aromatic N) is 1. The van der Waals surface area contributed by atoms with Gasteiger partial charge in [0.25, 0.3) is 0 Å². The van der Waals surface area contributed by atoms with Gasteiger partial charge in [0.05, 0.1) is 0 Å². The molecule has 2 aromatic rings. The Labute approximate surface area is 157 Å². The van der Waals surface area contributed by atoms with Gasteiger partial charge in [-0.25, -0.2) is 4.39 Å². The number of anilines is 1. The number of hydrogen-bond acceptors (Lipinski definition) is 4. The fourth-order valence-corrected chi connectivity index (χ4v) is 2.68. The lowest BCUT2D eigenvalue weighted by molar-refractivity contribution is -0.114. The summed E-state index contributed by atoms with van der Waals surface area (Å²) in [6.45, 7) is 2.11. The Morgan fingerprint density at radius 1 is 1.31 bits per heavy atom. The van der Waals surface area contributed by atoms with Crippen molar-refractivity contribution in [2.45, 2.75) is 19.6 Å². The number of aliphatic hydroxyl groups excluding tert-OH is 1. The van der Waals surface area contributed by atoms with Crippen LogP contribution in [0, 0.1) is 5.82 Å². The molecular weight excluding hydrogens is 359 g/mol. The molecule has 0 spiro atoms. The first-order valence-electron chi connectivity index (χ1n) is 8.15. The van der Waals surface area contributed by atoms with E-state index in [4.69, 9.17) is 16.3 Å². The summed E-state index contributed by atoms with van der Waals surface area (Å²) in [7, 11) is 1.77. The van der Waals surface area contributed by atoms with E-state index in [0.29, 0.717) is 28.6 Å². The van der Waals surface area contributed by atoms with Crippen molar-refractivity contribution >= 4 is 23.2 Å². The standard InChI is InChI=1S/C19H22ClFN2O3/c1-13(24)22-14-6-8-16(9-7-14)26-12-15(25)10-23(2)11-17-18(20)4-3-5-19(17)21/h3-9,15,25H,10-12H2,1-2H3,(H,22,24). The van der Waals surface area contributed by atoms with Crippen LogP contribution in [0.5, 0.6) is 5.75 Å². The number of rotatable bonds is 8. The molecule has 0 aliphatic carbocycles. The molecule has 2 rings (SSSR count). The third-order valence-corrected chi connectivity index (χ3v) is 3.98. The lowest BCUT2D eigenvalue weighted by atomic mass is 10.2. The molecular formula is C19H22ClFN2O3. The van der Waals surface area contributed by atoms with Gasteiger partial charge in [-0.05, 0) is 43.4 Å². The van der Waals surface area contributed by atoms with Crippen LogP contribution in [0.2, 0.25) is 5.02 Å². The number of likely N-dealkylation sites (N-methyl/N-ethyl adjacent to an activating group) is 1. The summed E-state index contributed by atoms with van der Waals surface area (Å²) in [5.41, 5.74) is 1.07. The van der Waals surface area contributed by atoms with Gasteiger partial charge in [0.1, 0.15) is 24.3 Å². The van der Waals surface area contributed by atoms with Gasteiger partial charge in [0.2, 0.25) is 5.91 Å². The summed E-state index contributed by atoms with van der Waals surface area (Å²) in [5.74, 6) is 0.0689. The Morgan fingerprint density at radius 2 is 2.00 bits per heavy atom. The predicted molar refractivity (Wildman–Crippen MR) is 100.0 cm³/mol. The second-order valence-corrected chi connectivity index (χ2v) is 6.47. The van der Waals surface area contributed by atoms with Gasteiger partial charge < -0.3 is 15.2 Å². The Balaban J connectivity index is 1.81. The van der Waals surface area contributed by atoms with Crippen molar-refractivity contribution in [3.8, 4) is 5.75 Å². The number of ether oxygens (including phenoxy) is 1. The van der Waals surface area contributed by atoms with Crippen LogP contribution >= 0.6 is 11.6 Å². The zero-order valence-corrected chi connectivity index (χ0v) is 15.5. The SMILES string of the molecule is CC(=O)Nc1ccc(OCC(O)CN(C)Cc2c(F)cccc2Cl)cc1. The maximum atomic E-state index is 13.8. The third kappa shape index (κ3) is 6.29. The number of carbonyl (C=O) groups excluding carboxylic acids is 1. The fourth-order valence-electron chi connectivity index (χ4n) is 2.46. The minimum atomic E-state index is -0.749. The van der Waals surface area contributed by atoms with E-state index in [0.717, 1.165) is 0 Å². The van der Waals surface area contributed by atoms with Crippen LogP contribution < -0.4 is 10.1 Å². The first kappa shape index (κ1) is 20.2. The van der Waals surface area contributed by atoms with E-state index in [1.807, 2.05) is 0 Å². The van der Waals surface area contributed by atoms with Crippen molar-refractivity contribution in [2.75, 3.05) is 25.5 Å². The number of aliphatic hydroxyl groups is 1. The van der Waals surface area contributed by atoms with Crippen LogP contribution in [0.3, 0.4) is 0 Å². The summed E-state index contributed by atoms with van der Waals surface area (Å²) in [5, 5.41) is 13.1. The summed E-state index contributed by atoms with van der Waals surface area (Å²) >= 11 is 6.02. The smallest absolute Gasteiger partial charge is 0.221 e. The Hall–Kier alpha value is -2.15. The van der Waals surface area contributed by atoms with Crippen molar-refractivity contribution in [3.05, 3.63) is 58.9 Å². The highest BCUT2D eigenvalue weighted by Gasteiger charge is 2.13. The van der Waals surface area contributed by atoms with Crippen molar-refractivity contribution in [1.82, 2.24) is 4.90 Å². The average Bonchev–Trinajstić information content (AvgIpc) is 2.57. The monoisotopic (exact) mass is 380 g/mol. The predicted octanol–water partition coefficient (Wildman–Crippen LogP) is 3.31. The van der Waals surface area contributed by atoms with Crippen molar-refractivity contribution in [1.29, 1.82) is 0 Å². The van der Waals surface area contributed by atoms with Crippen LogP contribution in [0.15, 0.2) is 42.5 Å². The molecule has 2 aromatic carbocycles. The summed E-state index contributed by atoms with van der Waals surface area (Å²) in [6, 6.07) is 11.4. The van der Waals surface area contributed by atoms with Crippen LogP contribution in [0.25, 0.3) is 0 Å².